The SMILES string of the molecule is C[C@@H]1OS(=O)(=O)N[C@@H]1C(C)(C)C. The molecule has 1 rings (SSSR count). The fraction of sp³-hybridized carbons (Fsp3) is 1.00. The highest BCUT2D eigenvalue weighted by atomic mass is 32.2. The molecule has 4 nitrogen and oxygen atoms in total. The Hall–Kier alpha value is -0.130. The lowest BCUT2D eigenvalue weighted by Gasteiger charge is -2.27. The van der Waals surface area contributed by atoms with E-state index in [2.05, 4.69) is 4.72 Å². The van der Waals surface area contributed by atoms with Crippen LogP contribution in [0.3, 0.4) is 0 Å². The van der Waals surface area contributed by atoms with Crippen LogP contribution in [0.1, 0.15) is 27.7 Å². The van der Waals surface area contributed by atoms with Gasteiger partial charge in [0.1, 0.15) is 0 Å². The van der Waals surface area contributed by atoms with E-state index in [0.29, 0.717) is 0 Å². The summed E-state index contributed by atoms with van der Waals surface area (Å²) >= 11 is 0. The van der Waals surface area contributed by atoms with Gasteiger partial charge in [0.15, 0.2) is 0 Å². The van der Waals surface area contributed by atoms with Gasteiger partial charge in [0, 0.05) is 0 Å². The minimum absolute atomic E-state index is 0.108. The molecule has 0 unspecified atom stereocenters. The van der Waals surface area contributed by atoms with E-state index in [0.717, 1.165) is 0 Å². The molecular weight excluding hydrogens is 178 g/mol. The Labute approximate surface area is 73.6 Å². The molecule has 72 valence electrons. The summed E-state index contributed by atoms with van der Waals surface area (Å²) in [4.78, 5) is 0. The second kappa shape index (κ2) is 2.68. The first kappa shape index (κ1) is 9.95. The number of hydrogen-bond acceptors (Lipinski definition) is 3. The predicted molar refractivity (Wildman–Crippen MR) is 45.8 cm³/mol. The zero-order valence-corrected chi connectivity index (χ0v) is 8.60. The monoisotopic (exact) mass is 193 g/mol. The predicted octanol–water partition coefficient (Wildman–Crippen LogP) is 0.654. The molecule has 2 atom stereocenters. The molecule has 12 heavy (non-hydrogen) atoms. The summed E-state index contributed by atoms with van der Waals surface area (Å²) in [7, 11) is -3.48. The van der Waals surface area contributed by atoms with Crippen molar-refractivity contribution in [2.24, 2.45) is 5.41 Å². The van der Waals surface area contributed by atoms with Crippen LogP contribution in [0, 0.1) is 5.41 Å². The van der Waals surface area contributed by atoms with Crippen molar-refractivity contribution in [1.82, 2.24) is 4.72 Å². The molecular formula is C7H15NO3S. The molecule has 0 aromatic rings. The van der Waals surface area contributed by atoms with Crippen molar-refractivity contribution in [1.29, 1.82) is 0 Å². The smallest absolute Gasteiger partial charge is 0.253 e. The van der Waals surface area contributed by atoms with Gasteiger partial charge in [-0.1, -0.05) is 20.8 Å². The van der Waals surface area contributed by atoms with Crippen molar-refractivity contribution in [3.05, 3.63) is 0 Å². The minimum Gasteiger partial charge on any atom is -0.253 e. The number of hydrogen-bond donors (Lipinski definition) is 1. The third-order valence-electron chi connectivity index (χ3n) is 1.95. The van der Waals surface area contributed by atoms with E-state index >= 15 is 0 Å². The van der Waals surface area contributed by atoms with Crippen molar-refractivity contribution >= 4 is 10.3 Å². The van der Waals surface area contributed by atoms with Crippen LogP contribution in [0.2, 0.25) is 0 Å². The summed E-state index contributed by atoms with van der Waals surface area (Å²) in [6.07, 6.45) is -0.282. The van der Waals surface area contributed by atoms with Gasteiger partial charge in [-0.2, -0.15) is 13.1 Å². The van der Waals surface area contributed by atoms with Gasteiger partial charge in [-0.15, -0.1) is 0 Å². The van der Waals surface area contributed by atoms with Gasteiger partial charge >= 0.3 is 10.3 Å². The first-order valence-electron chi connectivity index (χ1n) is 3.93. The summed E-state index contributed by atoms with van der Waals surface area (Å²) < 4.78 is 29.1. The van der Waals surface area contributed by atoms with Crippen molar-refractivity contribution in [2.45, 2.75) is 39.8 Å². The molecule has 0 aromatic heterocycles. The zero-order chi connectivity index (χ0) is 9.57. The highest BCUT2D eigenvalue weighted by Gasteiger charge is 2.41. The normalized spacial score (nSPS) is 35.3. The second-order valence-corrected chi connectivity index (χ2v) is 5.55. The van der Waals surface area contributed by atoms with Crippen molar-refractivity contribution in [2.75, 3.05) is 0 Å². The van der Waals surface area contributed by atoms with Crippen molar-refractivity contribution < 1.29 is 12.6 Å². The molecule has 0 saturated carbocycles. The topological polar surface area (TPSA) is 55.4 Å². The maximum atomic E-state index is 11.0. The van der Waals surface area contributed by atoms with E-state index in [-0.39, 0.29) is 17.6 Å². The van der Waals surface area contributed by atoms with Gasteiger partial charge < -0.3 is 0 Å². The molecule has 1 N–H and O–H groups in total. The minimum atomic E-state index is -3.48. The van der Waals surface area contributed by atoms with Crippen LogP contribution < -0.4 is 4.72 Å². The largest absolute Gasteiger partial charge is 0.336 e. The van der Waals surface area contributed by atoms with E-state index in [1.807, 2.05) is 20.8 Å². The Morgan fingerprint density at radius 1 is 1.33 bits per heavy atom. The van der Waals surface area contributed by atoms with Gasteiger partial charge in [-0.05, 0) is 12.3 Å². The summed E-state index contributed by atoms with van der Waals surface area (Å²) in [5, 5.41) is 0. The molecule has 0 radical (unpaired) electrons. The number of nitrogens with one attached hydrogen (secondary N) is 1. The number of rotatable bonds is 0. The van der Waals surface area contributed by atoms with Gasteiger partial charge in [0.05, 0.1) is 12.1 Å². The second-order valence-electron chi connectivity index (χ2n) is 4.22. The summed E-state index contributed by atoms with van der Waals surface area (Å²) in [5.41, 5.74) is -0.108. The van der Waals surface area contributed by atoms with Gasteiger partial charge in [-0.3, -0.25) is 4.18 Å². The summed E-state index contributed by atoms with van der Waals surface area (Å²) in [6, 6.07) is -0.137. The Balaban J connectivity index is 2.85. The molecule has 5 heteroatoms. The van der Waals surface area contributed by atoms with Gasteiger partial charge in [-0.25, -0.2) is 0 Å². The quantitative estimate of drug-likeness (QED) is 0.614. The lowest BCUT2D eigenvalue weighted by molar-refractivity contribution is 0.167. The fourth-order valence-electron chi connectivity index (χ4n) is 1.42. The summed E-state index contributed by atoms with van der Waals surface area (Å²) in [6.45, 7) is 7.69. The Morgan fingerprint density at radius 2 is 1.83 bits per heavy atom. The standard InChI is InChI=1S/C7H15NO3S/c1-5-6(7(2,3)4)8-12(9,10)11-5/h5-6,8H,1-4H3/t5-,6-/m0/s1. The average Bonchev–Trinajstić information content (AvgIpc) is 2.03. The van der Waals surface area contributed by atoms with Crippen LogP contribution in [0.4, 0.5) is 0 Å². The lowest BCUT2D eigenvalue weighted by Crippen LogP contribution is -2.41. The molecule has 1 heterocycles. The summed E-state index contributed by atoms with van der Waals surface area (Å²) in [5.74, 6) is 0. The van der Waals surface area contributed by atoms with Crippen molar-refractivity contribution in [3.63, 3.8) is 0 Å². The van der Waals surface area contributed by atoms with Crippen LogP contribution in [0.25, 0.3) is 0 Å². The van der Waals surface area contributed by atoms with Crippen LogP contribution in [0.15, 0.2) is 0 Å². The van der Waals surface area contributed by atoms with Crippen molar-refractivity contribution in [3.8, 4) is 0 Å². The van der Waals surface area contributed by atoms with E-state index in [1.54, 1.807) is 6.92 Å². The first-order valence-corrected chi connectivity index (χ1v) is 5.34. The van der Waals surface area contributed by atoms with Gasteiger partial charge in [0.25, 0.3) is 0 Å². The van der Waals surface area contributed by atoms with Gasteiger partial charge in [0.2, 0.25) is 0 Å². The molecule has 0 amide bonds. The molecule has 0 bridgehead atoms. The van der Waals surface area contributed by atoms with E-state index in [1.165, 1.54) is 0 Å². The molecule has 1 aliphatic heterocycles. The highest BCUT2D eigenvalue weighted by Crippen LogP contribution is 2.28. The highest BCUT2D eigenvalue weighted by molar-refractivity contribution is 7.85. The maximum absolute atomic E-state index is 11.0. The fourth-order valence-corrected chi connectivity index (χ4v) is 2.84. The first-order chi connectivity index (χ1) is 5.22. The third kappa shape index (κ3) is 1.97. The Morgan fingerprint density at radius 3 is 2.00 bits per heavy atom. The van der Waals surface area contributed by atoms with Crippen LogP contribution in [0.5, 0.6) is 0 Å². The maximum Gasteiger partial charge on any atom is 0.336 e. The molecule has 0 aliphatic carbocycles. The Bertz CT molecular complexity index is 265. The molecule has 1 fully saturated rings. The van der Waals surface area contributed by atoms with Crippen LogP contribution in [-0.4, -0.2) is 20.6 Å². The van der Waals surface area contributed by atoms with Crippen LogP contribution >= 0.6 is 0 Å². The van der Waals surface area contributed by atoms with Crippen LogP contribution in [-0.2, 0) is 14.5 Å². The van der Waals surface area contributed by atoms with E-state index in [9.17, 15) is 8.42 Å². The van der Waals surface area contributed by atoms with E-state index < -0.39 is 10.3 Å². The van der Waals surface area contributed by atoms with E-state index in [4.69, 9.17) is 4.18 Å². The zero-order valence-electron chi connectivity index (χ0n) is 7.79. The lowest BCUT2D eigenvalue weighted by atomic mass is 9.85. The molecule has 0 aromatic carbocycles. The molecule has 1 saturated heterocycles. The Kier molecular flexibility index (Phi) is 2.22. The third-order valence-corrected chi connectivity index (χ3v) is 3.05. The molecule has 0 spiro atoms. The average molecular weight is 193 g/mol. The molecule has 1 aliphatic rings.